The number of halogens is 1. The van der Waals surface area contributed by atoms with Gasteiger partial charge in [0.05, 0.1) is 5.52 Å². The van der Waals surface area contributed by atoms with E-state index in [0.29, 0.717) is 5.02 Å². The molecule has 1 aromatic carbocycles. The van der Waals surface area contributed by atoms with Crippen LogP contribution in [0.2, 0.25) is 5.02 Å². The van der Waals surface area contributed by atoms with Gasteiger partial charge in [-0.3, -0.25) is 4.57 Å². The Balaban J connectivity index is 2.51. The van der Waals surface area contributed by atoms with E-state index in [1.165, 1.54) is 0 Å². The van der Waals surface area contributed by atoms with Crippen molar-refractivity contribution in [2.45, 2.75) is 26.4 Å². The molecule has 94 valence electrons. The first-order valence-corrected chi connectivity index (χ1v) is 6.17. The Morgan fingerprint density at radius 2 is 2.00 bits per heavy atom. The summed E-state index contributed by atoms with van der Waals surface area (Å²) in [5.41, 5.74) is 1.14. The lowest BCUT2D eigenvalue weighted by molar-refractivity contribution is 0.0549. The van der Waals surface area contributed by atoms with Crippen LogP contribution in [0, 0.1) is 0 Å². The van der Waals surface area contributed by atoms with Gasteiger partial charge in [-0.1, -0.05) is 11.6 Å². The third-order valence-corrected chi connectivity index (χ3v) is 2.76. The average Bonchev–Trinajstić information content (AvgIpc) is 2.50. The summed E-state index contributed by atoms with van der Waals surface area (Å²) in [5.74, 6) is 0. The van der Waals surface area contributed by atoms with Crippen molar-refractivity contribution in [1.29, 1.82) is 0 Å². The van der Waals surface area contributed by atoms with Crippen LogP contribution in [0.15, 0.2) is 24.3 Å². The first-order valence-electron chi connectivity index (χ1n) is 5.79. The van der Waals surface area contributed by atoms with Crippen LogP contribution in [0.3, 0.4) is 0 Å². The summed E-state index contributed by atoms with van der Waals surface area (Å²) in [7, 11) is 1.87. The van der Waals surface area contributed by atoms with E-state index in [-0.39, 0.29) is 6.09 Å². The molecule has 3 nitrogen and oxygen atoms in total. The molecule has 0 unspecified atom stereocenters. The minimum absolute atomic E-state index is 0.364. The SMILES string of the molecule is Bc1cc2cc(Cl)ccc2n1C(=O)OC(C)(C)C. The van der Waals surface area contributed by atoms with Gasteiger partial charge in [0.15, 0.2) is 7.85 Å². The highest BCUT2D eigenvalue weighted by atomic mass is 35.5. The number of carbonyl (C=O) groups is 1. The van der Waals surface area contributed by atoms with Crippen LogP contribution in [-0.4, -0.2) is 24.1 Å². The van der Waals surface area contributed by atoms with E-state index in [2.05, 4.69) is 0 Å². The molecule has 18 heavy (non-hydrogen) atoms. The quantitative estimate of drug-likeness (QED) is 0.683. The zero-order chi connectivity index (χ0) is 13.5. The van der Waals surface area contributed by atoms with Crippen LogP contribution < -0.4 is 5.59 Å². The van der Waals surface area contributed by atoms with Crippen molar-refractivity contribution in [3.63, 3.8) is 0 Å². The Morgan fingerprint density at radius 3 is 2.61 bits per heavy atom. The minimum Gasteiger partial charge on any atom is -0.443 e. The lowest BCUT2D eigenvalue weighted by Crippen LogP contribution is -2.32. The molecule has 2 rings (SSSR count). The van der Waals surface area contributed by atoms with E-state index >= 15 is 0 Å². The molecule has 1 aromatic heterocycles. The second kappa shape index (κ2) is 4.36. The Morgan fingerprint density at radius 1 is 1.33 bits per heavy atom. The van der Waals surface area contributed by atoms with Crippen LogP contribution in [0.5, 0.6) is 0 Å². The number of benzene rings is 1. The summed E-state index contributed by atoms with van der Waals surface area (Å²) in [6.45, 7) is 5.55. The van der Waals surface area contributed by atoms with E-state index in [1.807, 2.05) is 46.8 Å². The predicted molar refractivity (Wildman–Crippen MR) is 76.8 cm³/mol. The summed E-state index contributed by atoms with van der Waals surface area (Å²) in [6, 6.07) is 7.36. The van der Waals surface area contributed by atoms with Gasteiger partial charge in [0.25, 0.3) is 0 Å². The first kappa shape index (κ1) is 13.0. The fourth-order valence-corrected chi connectivity index (χ4v) is 2.05. The Kier molecular flexibility index (Phi) is 3.15. The summed E-state index contributed by atoms with van der Waals surface area (Å²) >= 11 is 5.94. The molecule has 0 saturated carbocycles. The molecule has 0 aliphatic heterocycles. The van der Waals surface area contributed by atoms with E-state index in [0.717, 1.165) is 16.5 Å². The van der Waals surface area contributed by atoms with Crippen LogP contribution in [0.25, 0.3) is 10.9 Å². The molecule has 0 aliphatic rings. The maximum Gasteiger partial charge on any atom is 0.418 e. The highest BCUT2D eigenvalue weighted by Crippen LogP contribution is 2.20. The first-order chi connectivity index (χ1) is 8.28. The molecule has 0 amide bonds. The van der Waals surface area contributed by atoms with Crippen LogP contribution in [0.1, 0.15) is 20.8 Å². The highest BCUT2D eigenvalue weighted by molar-refractivity contribution is 6.35. The van der Waals surface area contributed by atoms with Crippen LogP contribution in [-0.2, 0) is 4.74 Å². The number of aromatic nitrogens is 1. The molecule has 0 N–H and O–H groups in total. The number of hydrogen-bond acceptors (Lipinski definition) is 2. The normalized spacial score (nSPS) is 11.8. The van der Waals surface area contributed by atoms with Crippen molar-refractivity contribution < 1.29 is 9.53 Å². The molecule has 0 bridgehead atoms. The number of ether oxygens (including phenoxy) is 1. The lowest BCUT2D eigenvalue weighted by atomic mass is 10.1. The molecule has 0 aliphatic carbocycles. The van der Waals surface area contributed by atoms with E-state index in [4.69, 9.17) is 16.3 Å². The molecule has 1 heterocycles. The predicted octanol–water partition coefficient (Wildman–Crippen LogP) is 2.34. The van der Waals surface area contributed by atoms with Gasteiger partial charge in [-0.15, -0.1) is 0 Å². The summed E-state index contributed by atoms with van der Waals surface area (Å²) < 4.78 is 6.96. The number of hydrogen-bond donors (Lipinski definition) is 0. The molecule has 0 radical (unpaired) electrons. The van der Waals surface area contributed by atoms with Crippen molar-refractivity contribution in [3.05, 3.63) is 29.3 Å². The van der Waals surface area contributed by atoms with Crippen molar-refractivity contribution in [1.82, 2.24) is 4.57 Å². The third kappa shape index (κ3) is 2.54. The van der Waals surface area contributed by atoms with Gasteiger partial charge in [0, 0.05) is 10.4 Å². The molecule has 0 fully saturated rings. The Hall–Kier alpha value is -1.42. The number of fused-ring (bicyclic) bond motifs is 1. The molecule has 0 atom stereocenters. The van der Waals surface area contributed by atoms with Gasteiger partial charge in [0.1, 0.15) is 5.60 Å². The third-order valence-electron chi connectivity index (χ3n) is 2.52. The smallest absolute Gasteiger partial charge is 0.418 e. The van der Waals surface area contributed by atoms with Gasteiger partial charge in [0.2, 0.25) is 0 Å². The highest BCUT2D eigenvalue weighted by Gasteiger charge is 2.20. The molecule has 2 aromatic rings. The molecular formula is C13H15BClNO2. The average molecular weight is 264 g/mol. The fourth-order valence-electron chi connectivity index (χ4n) is 1.87. The summed E-state index contributed by atoms with van der Waals surface area (Å²) in [5, 5.41) is 1.59. The Labute approximate surface area is 112 Å². The monoisotopic (exact) mass is 263 g/mol. The van der Waals surface area contributed by atoms with Crippen molar-refractivity contribution in [2.75, 3.05) is 0 Å². The second-order valence-electron chi connectivity index (χ2n) is 5.30. The molecule has 0 saturated heterocycles. The lowest BCUT2D eigenvalue weighted by Gasteiger charge is -2.20. The van der Waals surface area contributed by atoms with E-state index in [1.54, 1.807) is 10.6 Å². The number of rotatable bonds is 0. The van der Waals surface area contributed by atoms with Gasteiger partial charge in [-0.2, -0.15) is 0 Å². The van der Waals surface area contributed by atoms with Crippen molar-refractivity contribution in [3.8, 4) is 0 Å². The van der Waals surface area contributed by atoms with Gasteiger partial charge >= 0.3 is 6.09 Å². The largest absolute Gasteiger partial charge is 0.443 e. The van der Waals surface area contributed by atoms with Crippen LogP contribution >= 0.6 is 11.6 Å². The zero-order valence-electron chi connectivity index (χ0n) is 11.0. The summed E-state index contributed by atoms with van der Waals surface area (Å²) in [6.07, 6.45) is -0.364. The molecular weight excluding hydrogens is 248 g/mol. The maximum atomic E-state index is 12.1. The maximum absolute atomic E-state index is 12.1. The topological polar surface area (TPSA) is 31.2 Å². The number of carbonyl (C=O) groups excluding carboxylic acids is 1. The van der Waals surface area contributed by atoms with Crippen molar-refractivity contribution in [2.24, 2.45) is 0 Å². The van der Waals surface area contributed by atoms with E-state index in [9.17, 15) is 4.79 Å². The zero-order valence-corrected chi connectivity index (χ0v) is 11.7. The number of nitrogens with zero attached hydrogens (tertiary/aromatic N) is 1. The van der Waals surface area contributed by atoms with Gasteiger partial charge in [-0.25, -0.2) is 4.79 Å². The van der Waals surface area contributed by atoms with Crippen LogP contribution in [0.4, 0.5) is 4.79 Å². The fraction of sp³-hybridized carbons (Fsp3) is 0.308. The standard InChI is InChI=1S/C13H15BClNO2/c1-13(2,3)18-12(17)16-10-5-4-9(15)6-8(10)7-11(16)14/h4-7H,14H2,1-3H3. The Bertz CT molecular complexity index is 613. The van der Waals surface area contributed by atoms with Gasteiger partial charge in [-0.05, 0) is 50.6 Å². The molecule has 5 heteroatoms. The minimum atomic E-state index is -0.507. The van der Waals surface area contributed by atoms with Gasteiger partial charge < -0.3 is 4.74 Å². The second-order valence-corrected chi connectivity index (χ2v) is 5.74. The molecule has 0 spiro atoms. The van der Waals surface area contributed by atoms with E-state index < -0.39 is 5.60 Å². The van der Waals surface area contributed by atoms with Crippen molar-refractivity contribution >= 4 is 42.0 Å². The summed E-state index contributed by atoms with van der Waals surface area (Å²) in [4.78, 5) is 12.1.